The fraction of sp³-hybridized carbons (Fsp3) is 0.280. The van der Waals surface area contributed by atoms with Gasteiger partial charge in [0.15, 0.2) is 5.95 Å². The molecular formula is C25H28N4O4. The molecule has 0 aliphatic rings. The minimum Gasteiger partial charge on any atom is -0.494 e. The predicted molar refractivity (Wildman–Crippen MR) is 127 cm³/mol. The van der Waals surface area contributed by atoms with Gasteiger partial charge in [0.1, 0.15) is 11.5 Å². The molecule has 0 aliphatic carbocycles. The number of nitrogens with zero attached hydrogens (tertiary/aromatic N) is 1. The van der Waals surface area contributed by atoms with E-state index >= 15 is 0 Å². The first kappa shape index (κ1) is 22.3. The molecule has 0 saturated heterocycles. The van der Waals surface area contributed by atoms with E-state index < -0.39 is 5.97 Å². The van der Waals surface area contributed by atoms with Gasteiger partial charge in [-0.3, -0.25) is 4.79 Å². The van der Waals surface area contributed by atoms with E-state index in [1.54, 1.807) is 12.4 Å². The van der Waals surface area contributed by atoms with Crippen LogP contribution in [0.2, 0.25) is 0 Å². The van der Waals surface area contributed by atoms with Crippen molar-refractivity contribution in [2.75, 3.05) is 25.1 Å². The number of benzene rings is 2. The van der Waals surface area contributed by atoms with Gasteiger partial charge in [0.25, 0.3) is 0 Å². The predicted octanol–water partition coefficient (Wildman–Crippen LogP) is 4.78. The molecule has 0 bridgehead atoms. The van der Waals surface area contributed by atoms with Crippen LogP contribution in [-0.2, 0) is 4.79 Å². The third kappa shape index (κ3) is 5.65. The van der Waals surface area contributed by atoms with Crippen LogP contribution in [0.25, 0.3) is 10.9 Å². The molecule has 0 saturated carbocycles. The zero-order valence-electron chi connectivity index (χ0n) is 18.5. The zero-order chi connectivity index (χ0) is 23.0. The Morgan fingerprint density at radius 1 is 1.12 bits per heavy atom. The SMILES string of the molecule is CCOc1ccc(C(CC(=O)O)c2c[nH]c3cc(OCCCNc4ncc[nH]4)ccc23)cc1. The second-order valence-corrected chi connectivity index (χ2v) is 7.67. The quantitative estimate of drug-likeness (QED) is 0.232. The van der Waals surface area contributed by atoms with Crippen molar-refractivity contribution in [1.82, 2.24) is 15.0 Å². The highest BCUT2D eigenvalue weighted by Gasteiger charge is 2.21. The lowest BCUT2D eigenvalue weighted by molar-refractivity contribution is -0.137. The molecule has 0 fully saturated rings. The highest BCUT2D eigenvalue weighted by atomic mass is 16.5. The average molecular weight is 449 g/mol. The van der Waals surface area contributed by atoms with Crippen molar-refractivity contribution in [3.63, 3.8) is 0 Å². The van der Waals surface area contributed by atoms with Crippen molar-refractivity contribution in [2.24, 2.45) is 0 Å². The first-order valence-corrected chi connectivity index (χ1v) is 11.1. The topological polar surface area (TPSA) is 112 Å². The lowest BCUT2D eigenvalue weighted by Gasteiger charge is -2.16. The van der Waals surface area contributed by atoms with E-state index in [9.17, 15) is 9.90 Å². The number of carbonyl (C=O) groups is 1. The van der Waals surface area contributed by atoms with E-state index in [1.165, 1.54) is 0 Å². The van der Waals surface area contributed by atoms with Gasteiger partial charge < -0.3 is 29.9 Å². The van der Waals surface area contributed by atoms with Gasteiger partial charge in [0, 0.05) is 48.0 Å². The Balaban J connectivity index is 1.45. The number of carboxylic acids is 1. The van der Waals surface area contributed by atoms with E-state index in [-0.39, 0.29) is 12.3 Å². The zero-order valence-corrected chi connectivity index (χ0v) is 18.5. The number of nitrogens with one attached hydrogen (secondary N) is 3. The molecule has 2 aromatic carbocycles. The van der Waals surface area contributed by atoms with Crippen molar-refractivity contribution in [1.29, 1.82) is 0 Å². The number of hydrogen-bond donors (Lipinski definition) is 4. The summed E-state index contributed by atoms with van der Waals surface area (Å²) in [5.41, 5.74) is 2.80. The first-order valence-electron chi connectivity index (χ1n) is 11.1. The van der Waals surface area contributed by atoms with Gasteiger partial charge in [-0.2, -0.15) is 0 Å². The molecular weight excluding hydrogens is 420 g/mol. The second kappa shape index (κ2) is 10.6. The van der Waals surface area contributed by atoms with Crippen LogP contribution in [0.3, 0.4) is 0 Å². The van der Waals surface area contributed by atoms with Crippen molar-refractivity contribution >= 4 is 22.8 Å². The summed E-state index contributed by atoms with van der Waals surface area (Å²) in [5, 5.41) is 13.7. The Labute approximate surface area is 192 Å². The monoisotopic (exact) mass is 448 g/mol. The molecule has 0 spiro atoms. The minimum absolute atomic E-state index is 0.00184. The van der Waals surface area contributed by atoms with Crippen LogP contribution in [0.1, 0.15) is 36.8 Å². The van der Waals surface area contributed by atoms with Gasteiger partial charge in [-0.25, -0.2) is 4.98 Å². The normalized spacial score (nSPS) is 11.9. The third-order valence-corrected chi connectivity index (χ3v) is 5.41. The average Bonchev–Trinajstić information content (AvgIpc) is 3.48. The van der Waals surface area contributed by atoms with Crippen LogP contribution in [0.15, 0.2) is 61.1 Å². The first-order chi connectivity index (χ1) is 16.1. The molecule has 4 aromatic rings. The maximum absolute atomic E-state index is 11.6. The maximum atomic E-state index is 11.6. The van der Waals surface area contributed by atoms with E-state index in [2.05, 4.69) is 20.3 Å². The molecule has 0 amide bonds. The summed E-state index contributed by atoms with van der Waals surface area (Å²) < 4.78 is 11.4. The largest absolute Gasteiger partial charge is 0.494 e. The number of aliphatic carboxylic acids is 1. The molecule has 33 heavy (non-hydrogen) atoms. The van der Waals surface area contributed by atoms with Crippen LogP contribution in [0.4, 0.5) is 5.95 Å². The lowest BCUT2D eigenvalue weighted by atomic mass is 9.88. The maximum Gasteiger partial charge on any atom is 0.304 e. The minimum atomic E-state index is -0.841. The van der Waals surface area contributed by atoms with E-state index in [1.807, 2.05) is 55.6 Å². The third-order valence-electron chi connectivity index (χ3n) is 5.41. The molecule has 1 unspecified atom stereocenters. The molecule has 0 aliphatic heterocycles. The summed E-state index contributed by atoms with van der Waals surface area (Å²) in [7, 11) is 0. The van der Waals surface area contributed by atoms with E-state index in [0.717, 1.165) is 52.4 Å². The fourth-order valence-corrected chi connectivity index (χ4v) is 3.88. The van der Waals surface area contributed by atoms with Gasteiger partial charge in [-0.1, -0.05) is 12.1 Å². The summed E-state index contributed by atoms with van der Waals surface area (Å²) >= 11 is 0. The van der Waals surface area contributed by atoms with Gasteiger partial charge in [-0.05, 0) is 48.7 Å². The number of ether oxygens (including phenoxy) is 2. The lowest BCUT2D eigenvalue weighted by Crippen LogP contribution is -2.08. The molecule has 2 heterocycles. The van der Waals surface area contributed by atoms with Crippen molar-refractivity contribution in [3.8, 4) is 11.5 Å². The summed E-state index contributed by atoms with van der Waals surface area (Å²) in [6.07, 6.45) is 6.20. The highest BCUT2D eigenvalue weighted by Crippen LogP contribution is 2.35. The van der Waals surface area contributed by atoms with Crippen LogP contribution >= 0.6 is 0 Å². The van der Waals surface area contributed by atoms with Crippen LogP contribution in [0.5, 0.6) is 11.5 Å². The molecule has 1 atom stereocenters. The Morgan fingerprint density at radius 3 is 2.67 bits per heavy atom. The smallest absolute Gasteiger partial charge is 0.304 e. The molecule has 2 aromatic heterocycles. The standard InChI is InChI=1S/C25H28N4O4/c1-2-32-18-6-4-17(5-7-18)21(15-24(30)31)22-16-29-23-14-19(8-9-20(22)23)33-13-3-10-26-25-27-11-12-28-25/h4-9,11-12,14,16,21,29H,2-3,10,13,15H2,1H3,(H,30,31)(H2,26,27,28). The van der Waals surface area contributed by atoms with Crippen molar-refractivity contribution < 1.29 is 19.4 Å². The van der Waals surface area contributed by atoms with Gasteiger partial charge in [-0.15, -0.1) is 0 Å². The van der Waals surface area contributed by atoms with Crippen LogP contribution in [-0.4, -0.2) is 45.8 Å². The molecule has 4 rings (SSSR count). The molecule has 8 heteroatoms. The van der Waals surface area contributed by atoms with Gasteiger partial charge >= 0.3 is 5.97 Å². The number of rotatable bonds is 12. The second-order valence-electron chi connectivity index (χ2n) is 7.67. The molecule has 0 radical (unpaired) electrons. The Morgan fingerprint density at radius 2 is 1.94 bits per heavy atom. The van der Waals surface area contributed by atoms with Crippen molar-refractivity contribution in [2.45, 2.75) is 25.7 Å². The number of aromatic amines is 2. The van der Waals surface area contributed by atoms with E-state index in [4.69, 9.17) is 9.47 Å². The number of aromatic nitrogens is 3. The molecule has 4 N–H and O–H groups in total. The number of hydrogen-bond acceptors (Lipinski definition) is 5. The summed E-state index contributed by atoms with van der Waals surface area (Å²) in [6, 6.07) is 13.5. The molecule has 8 nitrogen and oxygen atoms in total. The van der Waals surface area contributed by atoms with Crippen LogP contribution in [0, 0.1) is 0 Å². The van der Waals surface area contributed by atoms with E-state index in [0.29, 0.717) is 13.2 Å². The number of fused-ring (bicyclic) bond motifs is 1. The number of imidazole rings is 1. The fourth-order valence-electron chi connectivity index (χ4n) is 3.88. The summed E-state index contributed by atoms with van der Waals surface area (Å²) in [6.45, 7) is 3.84. The Kier molecular flexibility index (Phi) is 7.14. The summed E-state index contributed by atoms with van der Waals surface area (Å²) in [5.74, 6) is 1.18. The summed E-state index contributed by atoms with van der Waals surface area (Å²) in [4.78, 5) is 22.0. The number of carboxylic acid groups (broad SMARTS) is 1. The Bertz CT molecular complexity index is 1170. The Hall–Kier alpha value is -3.94. The van der Waals surface area contributed by atoms with Crippen LogP contribution < -0.4 is 14.8 Å². The molecule has 172 valence electrons. The van der Waals surface area contributed by atoms with Gasteiger partial charge in [0.05, 0.1) is 19.6 Å². The highest BCUT2D eigenvalue weighted by molar-refractivity contribution is 5.86. The van der Waals surface area contributed by atoms with Crippen molar-refractivity contribution in [3.05, 3.63) is 72.2 Å². The number of H-pyrrole nitrogens is 2. The van der Waals surface area contributed by atoms with Gasteiger partial charge in [0.2, 0.25) is 0 Å². The number of anilines is 1.